The second-order valence-electron chi connectivity index (χ2n) is 8.76. The normalized spacial score (nSPS) is 15.6. The number of nitrogens with zero attached hydrogens (tertiary/aromatic N) is 2. The molecule has 174 valence electrons. The van der Waals surface area contributed by atoms with Gasteiger partial charge in [0.05, 0.1) is 22.8 Å². The van der Waals surface area contributed by atoms with Crippen LogP contribution in [-0.4, -0.2) is 41.9 Å². The lowest BCUT2D eigenvalue weighted by Gasteiger charge is -2.38. The zero-order valence-corrected chi connectivity index (χ0v) is 19.5. The van der Waals surface area contributed by atoms with Gasteiger partial charge in [-0.25, -0.2) is 4.98 Å². The number of hydrogen-bond donors (Lipinski definition) is 2. The minimum atomic E-state index is -0.846. The van der Waals surface area contributed by atoms with Crippen LogP contribution in [-0.2, 0) is 9.53 Å². The lowest BCUT2D eigenvalue weighted by Crippen LogP contribution is -2.42. The largest absolute Gasteiger partial charge is 0.481 e. The van der Waals surface area contributed by atoms with Gasteiger partial charge in [0.25, 0.3) is 0 Å². The number of carbonyl (C=O) groups is 1. The summed E-state index contributed by atoms with van der Waals surface area (Å²) in [5.74, 6) is -0.980. The van der Waals surface area contributed by atoms with E-state index in [0.717, 1.165) is 49.5 Å². The Hall–Kier alpha value is -2.38. The maximum Gasteiger partial charge on any atom is 0.303 e. The van der Waals surface area contributed by atoms with Crippen LogP contribution >= 0.6 is 11.6 Å². The van der Waals surface area contributed by atoms with E-state index >= 15 is 0 Å². The van der Waals surface area contributed by atoms with Gasteiger partial charge in [0.15, 0.2) is 0 Å². The molecule has 2 aromatic rings. The first-order chi connectivity index (χ1) is 15.2. The van der Waals surface area contributed by atoms with Gasteiger partial charge in [0, 0.05) is 25.8 Å². The van der Waals surface area contributed by atoms with E-state index in [4.69, 9.17) is 16.3 Å². The van der Waals surface area contributed by atoms with Gasteiger partial charge in [-0.3, -0.25) is 4.79 Å². The van der Waals surface area contributed by atoms with Crippen LogP contribution in [0.4, 0.5) is 21.6 Å². The predicted molar refractivity (Wildman–Crippen MR) is 126 cm³/mol. The highest BCUT2D eigenvalue weighted by molar-refractivity contribution is 6.30. The molecule has 1 saturated heterocycles. The quantitative estimate of drug-likeness (QED) is 0.455. The SMILES string of the molecule is CC(C)CN(c1ccc([C@H](C)CC(=O)O)cc1Nc1ccc(Cl)c(F)n1)C1CCOCC1. The molecule has 1 aromatic carbocycles. The topological polar surface area (TPSA) is 74.7 Å². The maximum absolute atomic E-state index is 14.0. The number of nitrogens with one attached hydrogen (secondary N) is 1. The Morgan fingerprint density at radius 2 is 2.00 bits per heavy atom. The molecule has 1 atom stereocenters. The first-order valence-corrected chi connectivity index (χ1v) is 11.4. The van der Waals surface area contributed by atoms with E-state index in [0.29, 0.717) is 17.8 Å². The van der Waals surface area contributed by atoms with E-state index < -0.39 is 11.9 Å². The van der Waals surface area contributed by atoms with Gasteiger partial charge in [0.2, 0.25) is 5.95 Å². The summed E-state index contributed by atoms with van der Waals surface area (Å²) >= 11 is 5.80. The van der Waals surface area contributed by atoms with Crippen molar-refractivity contribution >= 4 is 34.8 Å². The summed E-state index contributed by atoms with van der Waals surface area (Å²) in [6.45, 7) is 8.54. The van der Waals surface area contributed by atoms with Crippen LogP contribution < -0.4 is 10.2 Å². The van der Waals surface area contributed by atoms with Crippen LogP contribution in [0.3, 0.4) is 0 Å². The molecule has 1 aliphatic rings. The molecule has 1 aromatic heterocycles. The lowest BCUT2D eigenvalue weighted by molar-refractivity contribution is -0.137. The molecule has 0 amide bonds. The molecule has 8 heteroatoms. The smallest absolute Gasteiger partial charge is 0.303 e. The number of ether oxygens (including phenoxy) is 1. The van der Waals surface area contributed by atoms with Crippen LogP contribution in [0.2, 0.25) is 5.02 Å². The first kappa shape index (κ1) is 24.3. The molecule has 2 N–H and O–H groups in total. The highest BCUT2D eigenvalue weighted by Gasteiger charge is 2.25. The zero-order chi connectivity index (χ0) is 23.3. The van der Waals surface area contributed by atoms with E-state index in [9.17, 15) is 14.3 Å². The Morgan fingerprint density at radius 3 is 2.62 bits per heavy atom. The van der Waals surface area contributed by atoms with Gasteiger partial charge in [0.1, 0.15) is 5.82 Å². The molecule has 1 fully saturated rings. The molecule has 1 aliphatic heterocycles. The van der Waals surface area contributed by atoms with Gasteiger partial charge in [-0.2, -0.15) is 4.39 Å². The molecule has 0 saturated carbocycles. The number of aliphatic carboxylic acids is 1. The van der Waals surface area contributed by atoms with E-state index in [2.05, 4.69) is 29.0 Å². The average Bonchev–Trinajstić information content (AvgIpc) is 2.75. The molecule has 3 rings (SSSR count). The Balaban J connectivity index is 2.03. The van der Waals surface area contributed by atoms with E-state index in [1.165, 1.54) is 6.07 Å². The molecule has 32 heavy (non-hydrogen) atoms. The summed E-state index contributed by atoms with van der Waals surface area (Å²) in [4.78, 5) is 17.5. The monoisotopic (exact) mass is 463 g/mol. The van der Waals surface area contributed by atoms with Crippen molar-refractivity contribution in [2.75, 3.05) is 30.0 Å². The van der Waals surface area contributed by atoms with Gasteiger partial charge < -0.3 is 20.1 Å². The standard InChI is InChI=1S/C24H31ClFN3O3/c1-15(2)14-29(18-8-10-32-11-9-18)21-6-4-17(16(3)12-23(30)31)13-20(21)27-22-7-5-19(25)24(26)28-22/h4-7,13,15-16,18H,8-12,14H2,1-3H3,(H,27,28)(H,30,31)/t16-/m1/s1. The number of hydrogen-bond acceptors (Lipinski definition) is 5. The number of carboxylic acids is 1. The summed E-state index contributed by atoms with van der Waals surface area (Å²) in [6, 6.07) is 9.38. The molecule has 0 spiro atoms. The summed E-state index contributed by atoms with van der Waals surface area (Å²) in [5, 5.41) is 12.4. The molecule has 6 nitrogen and oxygen atoms in total. The van der Waals surface area contributed by atoms with Crippen molar-refractivity contribution in [3.05, 3.63) is 46.9 Å². The third-order valence-electron chi connectivity index (χ3n) is 5.64. The second kappa shape index (κ2) is 11.0. The number of carboxylic acid groups (broad SMARTS) is 1. The number of pyridine rings is 1. The van der Waals surface area contributed by atoms with Crippen molar-refractivity contribution in [1.29, 1.82) is 0 Å². The van der Waals surface area contributed by atoms with Gasteiger partial charge in [-0.05, 0) is 54.5 Å². The fourth-order valence-corrected chi connectivity index (χ4v) is 4.15. The van der Waals surface area contributed by atoms with E-state index in [-0.39, 0.29) is 17.4 Å². The number of anilines is 3. The first-order valence-electron chi connectivity index (χ1n) is 11.0. The third kappa shape index (κ3) is 6.33. The van der Waals surface area contributed by atoms with Crippen molar-refractivity contribution in [3.8, 4) is 0 Å². The van der Waals surface area contributed by atoms with Gasteiger partial charge in [-0.15, -0.1) is 0 Å². The number of aromatic nitrogens is 1. The lowest BCUT2D eigenvalue weighted by atomic mass is 9.95. The van der Waals surface area contributed by atoms with E-state index in [1.807, 2.05) is 25.1 Å². The molecular formula is C24H31ClFN3O3. The Bertz CT molecular complexity index is 935. The summed E-state index contributed by atoms with van der Waals surface area (Å²) in [7, 11) is 0. The number of benzene rings is 1. The third-order valence-corrected chi connectivity index (χ3v) is 5.92. The van der Waals surface area contributed by atoms with Crippen LogP contribution in [0.25, 0.3) is 0 Å². The minimum Gasteiger partial charge on any atom is -0.481 e. The molecule has 0 radical (unpaired) electrons. The summed E-state index contributed by atoms with van der Waals surface area (Å²) in [6.07, 6.45) is 1.89. The van der Waals surface area contributed by atoms with Crippen molar-refractivity contribution in [2.45, 2.75) is 52.0 Å². The van der Waals surface area contributed by atoms with Crippen LogP contribution in [0.15, 0.2) is 30.3 Å². The number of halogens is 2. The minimum absolute atomic E-state index is 0.0300. The van der Waals surface area contributed by atoms with Crippen molar-refractivity contribution in [3.63, 3.8) is 0 Å². The van der Waals surface area contributed by atoms with Gasteiger partial charge >= 0.3 is 5.97 Å². The average molecular weight is 464 g/mol. The van der Waals surface area contributed by atoms with E-state index in [1.54, 1.807) is 6.07 Å². The van der Waals surface area contributed by atoms with Gasteiger partial charge in [-0.1, -0.05) is 38.4 Å². The highest BCUT2D eigenvalue weighted by Crippen LogP contribution is 2.36. The Labute approximate surface area is 193 Å². The highest BCUT2D eigenvalue weighted by atomic mass is 35.5. The van der Waals surface area contributed by atoms with Crippen molar-refractivity contribution < 1.29 is 19.0 Å². The zero-order valence-electron chi connectivity index (χ0n) is 18.8. The van der Waals surface area contributed by atoms with Crippen molar-refractivity contribution in [1.82, 2.24) is 4.98 Å². The molecular weight excluding hydrogens is 433 g/mol. The molecule has 0 bridgehead atoms. The predicted octanol–water partition coefficient (Wildman–Crippen LogP) is 5.84. The number of rotatable bonds is 9. The fraction of sp³-hybridized carbons (Fsp3) is 0.500. The van der Waals surface area contributed by atoms with Crippen LogP contribution in [0.5, 0.6) is 0 Å². The summed E-state index contributed by atoms with van der Waals surface area (Å²) < 4.78 is 19.5. The second-order valence-corrected chi connectivity index (χ2v) is 9.17. The molecule has 2 heterocycles. The van der Waals surface area contributed by atoms with Crippen molar-refractivity contribution in [2.24, 2.45) is 5.92 Å². The molecule has 0 aliphatic carbocycles. The van der Waals surface area contributed by atoms with Crippen LogP contribution in [0, 0.1) is 11.9 Å². The van der Waals surface area contributed by atoms with Crippen LogP contribution in [0.1, 0.15) is 51.5 Å². The maximum atomic E-state index is 14.0. The Kier molecular flexibility index (Phi) is 8.32. The fourth-order valence-electron chi connectivity index (χ4n) is 4.05. The Morgan fingerprint density at radius 1 is 1.28 bits per heavy atom. The molecule has 0 unspecified atom stereocenters. The summed E-state index contributed by atoms with van der Waals surface area (Å²) in [5.41, 5.74) is 2.64.